The molecule has 0 bridgehead atoms. The minimum Gasteiger partial charge on any atom is -0.377 e. The molecular formula is C21H23N7O. The standard InChI is InChI=1S/C21H23N7O/c1-12-22-17(10-19(23-12)28-20(11-29-4)24-13(2)26-28)14-9-15(14)21-25-16-7-5-6-8-18(16)27(21)3/h5-8,10,14-15H,9,11H2,1-4H3/t14-,15-/m1/s1. The van der Waals surface area contributed by atoms with Gasteiger partial charge in [0, 0.05) is 32.1 Å². The molecule has 0 N–H and O–H groups in total. The summed E-state index contributed by atoms with van der Waals surface area (Å²) in [6.07, 6.45) is 1.04. The summed E-state index contributed by atoms with van der Waals surface area (Å²) in [6.45, 7) is 4.16. The monoisotopic (exact) mass is 389 g/mol. The first-order valence-corrected chi connectivity index (χ1v) is 9.74. The zero-order valence-corrected chi connectivity index (χ0v) is 17.0. The van der Waals surface area contributed by atoms with Crippen molar-refractivity contribution in [1.82, 2.24) is 34.3 Å². The van der Waals surface area contributed by atoms with Crippen molar-refractivity contribution in [1.29, 1.82) is 0 Å². The lowest BCUT2D eigenvalue weighted by molar-refractivity contribution is 0.175. The molecule has 1 aromatic carbocycles. The maximum atomic E-state index is 5.26. The van der Waals surface area contributed by atoms with Gasteiger partial charge in [0.15, 0.2) is 11.6 Å². The summed E-state index contributed by atoms with van der Waals surface area (Å²) in [5.41, 5.74) is 3.23. The molecule has 0 saturated heterocycles. The molecule has 0 radical (unpaired) electrons. The smallest absolute Gasteiger partial charge is 0.160 e. The number of hydrogen-bond acceptors (Lipinski definition) is 6. The van der Waals surface area contributed by atoms with Gasteiger partial charge in [0.05, 0.1) is 16.7 Å². The molecular weight excluding hydrogens is 366 g/mol. The van der Waals surface area contributed by atoms with E-state index >= 15 is 0 Å². The van der Waals surface area contributed by atoms with E-state index in [4.69, 9.17) is 14.7 Å². The first-order chi connectivity index (χ1) is 14.0. The number of rotatable bonds is 5. The fourth-order valence-corrected chi connectivity index (χ4v) is 4.04. The summed E-state index contributed by atoms with van der Waals surface area (Å²) in [6, 6.07) is 10.3. The highest BCUT2D eigenvalue weighted by Gasteiger charge is 2.44. The summed E-state index contributed by atoms with van der Waals surface area (Å²) in [5, 5.41) is 4.50. The molecule has 0 amide bonds. The molecule has 1 saturated carbocycles. The fraction of sp³-hybridized carbons (Fsp3) is 0.381. The van der Waals surface area contributed by atoms with Crippen LogP contribution in [0.4, 0.5) is 0 Å². The Balaban J connectivity index is 1.49. The van der Waals surface area contributed by atoms with Gasteiger partial charge in [-0.15, -0.1) is 5.10 Å². The van der Waals surface area contributed by atoms with Crippen molar-refractivity contribution in [3.63, 3.8) is 0 Å². The topological polar surface area (TPSA) is 83.5 Å². The SMILES string of the molecule is COCc1nc(C)nn1-c1cc([C@@H]2C[C@H]2c2nc3ccccc3n2C)nc(C)n1. The van der Waals surface area contributed by atoms with Gasteiger partial charge in [0.2, 0.25) is 0 Å². The number of benzene rings is 1. The molecule has 148 valence electrons. The molecule has 1 aliphatic carbocycles. The summed E-state index contributed by atoms with van der Waals surface area (Å²) in [4.78, 5) is 18.6. The van der Waals surface area contributed by atoms with Crippen LogP contribution in [0.1, 0.15) is 47.2 Å². The average Bonchev–Trinajstić information content (AvgIpc) is 3.31. The number of ether oxygens (including phenoxy) is 1. The highest BCUT2D eigenvalue weighted by atomic mass is 16.5. The van der Waals surface area contributed by atoms with Gasteiger partial charge in [0.1, 0.15) is 24.1 Å². The molecule has 0 unspecified atom stereocenters. The van der Waals surface area contributed by atoms with Crippen LogP contribution in [0.5, 0.6) is 0 Å². The second-order valence-corrected chi connectivity index (χ2v) is 7.58. The van der Waals surface area contributed by atoms with Gasteiger partial charge in [0.25, 0.3) is 0 Å². The van der Waals surface area contributed by atoms with Crippen LogP contribution < -0.4 is 0 Å². The number of para-hydroxylation sites is 2. The molecule has 4 aromatic rings. The minimum absolute atomic E-state index is 0.335. The molecule has 1 aliphatic rings. The minimum atomic E-state index is 0.335. The van der Waals surface area contributed by atoms with Crippen molar-refractivity contribution >= 4 is 11.0 Å². The lowest BCUT2D eigenvalue weighted by atomic mass is 10.2. The summed E-state index contributed by atoms with van der Waals surface area (Å²) in [5.74, 6) is 4.70. The quantitative estimate of drug-likeness (QED) is 0.522. The van der Waals surface area contributed by atoms with Crippen molar-refractivity contribution in [2.75, 3.05) is 7.11 Å². The molecule has 8 heteroatoms. The average molecular weight is 389 g/mol. The third kappa shape index (κ3) is 3.09. The molecule has 2 atom stereocenters. The predicted molar refractivity (Wildman–Crippen MR) is 108 cm³/mol. The number of imidazole rings is 1. The van der Waals surface area contributed by atoms with Gasteiger partial charge >= 0.3 is 0 Å². The number of fused-ring (bicyclic) bond motifs is 1. The number of nitrogens with zero attached hydrogens (tertiary/aromatic N) is 7. The summed E-state index contributed by atoms with van der Waals surface area (Å²) in [7, 11) is 3.74. The van der Waals surface area contributed by atoms with Crippen LogP contribution in [0, 0.1) is 13.8 Å². The van der Waals surface area contributed by atoms with Gasteiger partial charge in [-0.2, -0.15) is 4.68 Å². The molecule has 8 nitrogen and oxygen atoms in total. The lowest BCUT2D eigenvalue weighted by Crippen LogP contribution is -2.09. The maximum Gasteiger partial charge on any atom is 0.160 e. The summed E-state index contributed by atoms with van der Waals surface area (Å²) >= 11 is 0. The third-order valence-corrected chi connectivity index (χ3v) is 5.44. The Hall–Kier alpha value is -3.13. The van der Waals surface area contributed by atoms with E-state index in [9.17, 15) is 0 Å². The first-order valence-electron chi connectivity index (χ1n) is 9.74. The number of aryl methyl sites for hydroxylation is 3. The zero-order chi connectivity index (χ0) is 20.1. The van der Waals surface area contributed by atoms with Crippen molar-refractivity contribution < 1.29 is 4.74 Å². The Morgan fingerprint density at radius 1 is 1.03 bits per heavy atom. The highest BCUT2D eigenvalue weighted by Crippen LogP contribution is 2.54. The van der Waals surface area contributed by atoms with Crippen LogP contribution >= 0.6 is 0 Å². The fourth-order valence-electron chi connectivity index (χ4n) is 4.04. The van der Waals surface area contributed by atoms with Crippen LogP contribution in [0.2, 0.25) is 0 Å². The van der Waals surface area contributed by atoms with Gasteiger partial charge in [-0.25, -0.2) is 19.9 Å². The molecule has 1 fully saturated rings. The molecule has 29 heavy (non-hydrogen) atoms. The second kappa shape index (κ2) is 6.73. The number of hydrogen-bond donors (Lipinski definition) is 0. The van der Waals surface area contributed by atoms with E-state index < -0.39 is 0 Å². The van der Waals surface area contributed by atoms with E-state index in [-0.39, 0.29) is 0 Å². The lowest BCUT2D eigenvalue weighted by Gasteiger charge is -2.08. The van der Waals surface area contributed by atoms with Crippen molar-refractivity contribution in [2.45, 2.75) is 38.7 Å². The number of aromatic nitrogens is 7. The number of methoxy groups -OCH3 is 1. The maximum absolute atomic E-state index is 5.26. The van der Waals surface area contributed by atoms with Crippen LogP contribution in [-0.2, 0) is 18.4 Å². The van der Waals surface area contributed by atoms with E-state index in [2.05, 4.69) is 44.9 Å². The Bertz CT molecular complexity index is 1210. The Labute approximate surface area is 168 Å². The Kier molecular flexibility index (Phi) is 4.16. The Morgan fingerprint density at radius 3 is 2.66 bits per heavy atom. The van der Waals surface area contributed by atoms with Crippen LogP contribution in [0.3, 0.4) is 0 Å². The molecule has 0 aliphatic heterocycles. The molecule has 3 aromatic heterocycles. The third-order valence-electron chi connectivity index (χ3n) is 5.44. The van der Waals surface area contributed by atoms with Crippen LogP contribution in [-0.4, -0.2) is 41.4 Å². The largest absolute Gasteiger partial charge is 0.377 e. The van der Waals surface area contributed by atoms with Crippen LogP contribution in [0.15, 0.2) is 30.3 Å². The Morgan fingerprint density at radius 2 is 1.86 bits per heavy atom. The van der Waals surface area contributed by atoms with Gasteiger partial charge < -0.3 is 9.30 Å². The van der Waals surface area contributed by atoms with E-state index in [0.717, 1.165) is 46.4 Å². The van der Waals surface area contributed by atoms with Gasteiger partial charge in [-0.1, -0.05) is 12.1 Å². The van der Waals surface area contributed by atoms with Gasteiger partial charge in [-0.05, 0) is 32.4 Å². The summed E-state index contributed by atoms with van der Waals surface area (Å²) < 4.78 is 9.22. The normalized spacial score (nSPS) is 18.5. The zero-order valence-electron chi connectivity index (χ0n) is 17.0. The first kappa shape index (κ1) is 17.9. The predicted octanol–water partition coefficient (Wildman–Crippen LogP) is 2.98. The van der Waals surface area contributed by atoms with E-state index in [1.807, 2.05) is 26.0 Å². The molecule has 3 heterocycles. The molecule has 5 rings (SSSR count). The van der Waals surface area contributed by atoms with Gasteiger partial charge in [-0.3, -0.25) is 0 Å². The molecule has 0 spiro atoms. The van der Waals surface area contributed by atoms with Crippen molar-refractivity contribution in [2.24, 2.45) is 7.05 Å². The van der Waals surface area contributed by atoms with Crippen molar-refractivity contribution in [3.05, 3.63) is 59.3 Å². The highest BCUT2D eigenvalue weighted by molar-refractivity contribution is 5.76. The van der Waals surface area contributed by atoms with Crippen molar-refractivity contribution in [3.8, 4) is 5.82 Å². The van der Waals surface area contributed by atoms with E-state index in [1.54, 1.807) is 11.8 Å². The van der Waals surface area contributed by atoms with E-state index in [1.165, 1.54) is 0 Å². The second-order valence-electron chi connectivity index (χ2n) is 7.58. The van der Waals surface area contributed by atoms with Crippen LogP contribution in [0.25, 0.3) is 16.9 Å². The van der Waals surface area contributed by atoms with E-state index in [0.29, 0.717) is 24.3 Å².